The number of likely N-dealkylation sites (tertiary alicyclic amines) is 1. The van der Waals surface area contributed by atoms with Crippen molar-refractivity contribution in [2.24, 2.45) is 0 Å². The molecule has 1 aromatic heterocycles. The summed E-state index contributed by atoms with van der Waals surface area (Å²) in [5, 5.41) is 6.24. The molecule has 1 aliphatic heterocycles. The standard InChI is InChI=1S/C23H25N3OS/c1-16(2)18-11-6-7-12-19(18)25-23(27)26-14-8-13-21(26)22-24-20(15-28-22)17-9-4-3-5-10-17/h3-7,9-12,15-16,21H,8,13-14H2,1-2H3,(H,25,27). The van der Waals surface area contributed by atoms with E-state index in [-0.39, 0.29) is 12.1 Å². The predicted octanol–water partition coefficient (Wildman–Crippen LogP) is 6.30. The predicted molar refractivity (Wildman–Crippen MR) is 116 cm³/mol. The minimum absolute atomic E-state index is 0.0351. The second kappa shape index (κ2) is 8.15. The zero-order valence-electron chi connectivity index (χ0n) is 16.3. The molecule has 0 saturated carbocycles. The minimum Gasteiger partial charge on any atom is -0.315 e. The van der Waals surface area contributed by atoms with E-state index in [1.54, 1.807) is 11.3 Å². The summed E-state index contributed by atoms with van der Waals surface area (Å²) >= 11 is 1.64. The third-order valence-corrected chi connectivity index (χ3v) is 6.16. The van der Waals surface area contributed by atoms with Gasteiger partial charge >= 0.3 is 6.03 Å². The first kappa shape index (κ1) is 18.7. The molecule has 5 heteroatoms. The second-order valence-electron chi connectivity index (χ2n) is 7.46. The number of thiazole rings is 1. The molecule has 144 valence electrons. The van der Waals surface area contributed by atoms with Crippen LogP contribution in [0.15, 0.2) is 60.0 Å². The number of carbonyl (C=O) groups is 1. The Bertz CT molecular complexity index is 951. The lowest BCUT2D eigenvalue weighted by Crippen LogP contribution is -2.34. The number of nitrogens with zero attached hydrogens (tertiary/aromatic N) is 2. The van der Waals surface area contributed by atoms with Gasteiger partial charge in [-0.05, 0) is 30.4 Å². The van der Waals surface area contributed by atoms with Crippen LogP contribution in [0.5, 0.6) is 0 Å². The van der Waals surface area contributed by atoms with Crippen molar-refractivity contribution in [3.8, 4) is 11.3 Å². The first-order valence-electron chi connectivity index (χ1n) is 9.81. The first-order chi connectivity index (χ1) is 13.6. The number of aromatic nitrogens is 1. The number of benzene rings is 2. The van der Waals surface area contributed by atoms with Gasteiger partial charge in [-0.25, -0.2) is 9.78 Å². The van der Waals surface area contributed by atoms with E-state index < -0.39 is 0 Å². The molecule has 0 aliphatic carbocycles. The van der Waals surface area contributed by atoms with E-state index in [1.807, 2.05) is 41.3 Å². The van der Waals surface area contributed by atoms with Crippen LogP contribution < -0.4 is 5.32 Å². The molecule has 1 unspecified atom stereocenters. The Labute approximate surface area is 170 Å². The summed E-state index contributed by atoms with van der Waals surface area (Å²) in [6.07, 6.45) is 1.96. The number of hydrogen-bond acceptors (Lipinski definition) is 3. The summed E-state index contributed by atoms with van der Waals surface area (Å²) in [6.45, 7) is 5.05. The fraction of sp³-hybridized carbons (Fsp3) is 0.304. The van der Waals surface area contributed by atoms with Gasteiger partial charge in [0.15, 0.2) is 0 Å². The van der Waals surface area contributed by atoms with E-state index in [4.69, 9.17) is 4.98 Å². The van der Waals surface area contributed by atoms with E-state index in [0.29, 0.717) is 5.92 Å². The van der Waals surface area contributed by atoms with Crippen LogP contribution in [0.1, 0.15) is 49.2 Å². The lowest BCUT2D eigenvalue weighted by Gasteiger charge is -2.24. The number of rotatable bonds is 4. The summed E-state index contributed by atoms with van der Waals surface area (Å²) in [5.74, 6) is 0.360. The van der Waals surface area contributed by atoms with Crippen LogP contribution in [0.3, 0.4) is 0 Å². The highest BCUT2D eigenvalue weighted by Crippen LogP contribution is 2.36. The molecule has 4 nitrogen and oxygen atoms in total. The highest BCUT2D eigenvalue weighted by atomic mass is 32.1. The van der Waals surface area contributed by atoms with Crippen LogP contribution in [0.25, 0.3) is 11.3 Å². The highest BCUT2D eigenvalue weighted by molar-refractivity contribution is 7.10. The molecule has 1 aliphatic rings. The topological polar surface area (TPSA) is 45.2 Å². The molecule has 28 heavy (non-hydrogen) atoms. The molecule has 2 amide bonds. The number of para-hydroxylation sites is 1. The van der Waals surface area contributed by atoms with Gasteiger partial charge in [0.05, 0.1) is 11.7 Å². The van der Waals surface area contributed by atoms with Gasteiger partial charge in [-0.2, -0.15) is 0 Å². The van der Waals surface area contributed by atoms with E-state index in [0.717, 1.165) is 46.9 Å². The smallest absolute Gasteiger partial charge is 0.315 e. The van der Waals surface area contributed by atoms with Gasteiger partial charge in [-0.15, -0.1) is 11.3 Å². The fourth-order valence-corrected chi connectivity index (χ4v) is 4.72. The Balaban J connectivity index is 1.53. The van der Waals surface area contributed by atoms with Crippen molar-refractivity contribution >= 4 is 23.1 Å². The van der Waals surface area contributed by atoms with Crippen LogP contribution in [0.4, 0.5) is 10.5 Å². The average molecular weight is 392 g/mol. The number of amides is 2. The molecule has 3 aromatic rings. The Hall–Kier alpha value is -2.66. The Kier molecular flexibility index (Phi) is 5.44. The monoisotopic (exact) mass is 391 g/mol. The molecule has 2 heterocycles. The number of carbonyl (C=O) groups excluding carboxylic acids is 1. The normalized spacial score (nSPS) is 16.5. The number of hydrogen-bond donors (Lipinski definition) is 1. The molecule has 1 atom stereocenters. The van der Waals surface area contributed by atoms with Gasteiger partial charge < -0.3 is 10.2 Å². The Morgan fingerprint density at radius 3 is 2.68 bits per heavy atom. The lowest BCUT2D eigenvalue weighted by atomic mass is 10.0. The van der Waals surface area contributed by atoms with E-state index in [2.05, 4.69) is 42.7 Å². The van der Waals surface area contributed by atoms with Crippen molar-refractivity contribution in [2.75, 3.05) is 11.9 Å². The summed E-state index contributed by atoms with van der Waals surface area (Å²) in [6, 6.07) is 18.3. The largest absolute Gasteiger partial charge is 0.322 e. The van der Waals surface area contributed by atoms with Gasteiger partial charge in [-0.1, -0.05) is 62.4 Å². The molecule has 1 fully saturated rings. The molecule has 2 aromatic carbocycles. The van der Waals surface area contributed by atoms with E-state index >= 15 is 0 Å². The third-order valence-electron chi connectivity index (χ3n) is 5.21. The minimum atomic E-state index is -0.0351. The van der Waals surface area contributed by atoms with Gasteiger partial charge in [0.1, 0.15) is 5.01 Å². The summed E-state index contributed by atoms with van der Waals surface area (Å²) < 4.78 is 0. The first-order valence-corrected chi connectivity index (χ1v) is 10.7. The second-order valence-corrected chi connectivity index (χ2v) is 8.35. The van der Waals surface area contributed by atoms with Gasteiger partial charge in [-0.3, -0.25) is 0 Å². The molecular formula is C23H25N3OS. The van der Waals surface area contributed by atoms with Crippen LogP contribution in [-0.2, 0) is 0 Å². The number of anilines is 1. The van der Waals surface area contributed by atoms with Crippen molar-refractivity contribution in [3.05, 3.63) is 70.5 Å². The maximum Gasteiger partial charge on any atom is 0.322 e. The van der Waals surface area contributed by atoms with E-state index in [9.17, 15) is 4.79 Å². The molecule has 1 saturated heterocycles. The van der Waals surface area contributed by atoms with Crippen molar-refractivity contribution in [3.63, 3.8) is 0 Å². The van der Waals surface area contributed by atoms with Crippen LogP contribution in [-0.4, -0.2) is 22.5 Å². The van der Waals surface area contributed by atoms with Crippen LogP contribution >= 0.6 is 11.3 Å². The number of nitrogens with one attached hydrogen (secondary N) is 1. The van der Waals surface area contributed by atoms with Gasteiger partial charge in [0.25, 0.3) is 0 Å². The maximum absolute atomic E-state index is 13.0. The zero-order chi connectivity index (χ0) is 19.5. The molecule has 1 N–H and O–H groups in total. The molecule has 0 bridgehead atoms. The van der Waals surface area contributed by atoms with Crippen LogP contribution in [0.2, 0.25) is 0 Å². The molecular weight excluding hydrogens is 366 g/mol. The van der Waals surface area contributed by atoms with Crippen molar-refractivity contribution < 1.29 is 4.79 Å². The quantitative estimate of drug-likeness (QED) is 0.567. The van der Waals surface area contributed by atoms with Crippen molar-refractivity contribution in [1.82, 2.24) is 9.88 Å². The lowest BCUT2D eigenvalue weighted by molar-refractivity contribution is 0.207. The molecule has 0 radical (unpaired) electrons. The van der Waals surface area contributed by atoms with Crippen molar-refractivity contribution in [1.29, 1.82) is 0 Å². The Morgan fingerprint density at radius 2 is 1.89 bits per heavy atom. The Morgan fingerprint density at radius 1 is 1.14 bits per heavy atom. The average Bonchev–Trinajstić information content (AvgIpc) is 3.38. The van der Waals surface area contributed by atoms with Crippen LogP contribution in [0, 0.1) is 0 Å². The third kappa shape index (κ3) is 3.80. The summed E-state index contributed by atoms with van der Waals surface area (Å²) in [4.78, 5) is 19.8. The fourth-order valence-electron chi connectivity index (χ4n) is 3.75. The van der Waals surface area contributed by atoms with Gasteiger partial charge in [0.2, 0.25) is 0 Å². The number of urea groups is 1. The highest BCUT2D eigenvalue weighted by Gasteiger charge is 2.32. The zero-order valence-corrected chi connectivity index (χ0v) is 17.1. The molecule has 0 spiro atoms. The maximum atomic E-state index is 13.0. The van der Waals surface area contributed by atoms with Gasteiger partial charge in [0, 0.05) is 23.2 Å². The SMILES string of the molecule is CC(C)c1ccccc1NC(=O)N1CCCC1c1nc(-c2ccccc2)cs1. The summed E-state index contributed by atoms with van der Waals surface area (Å²) in [7, 11) is 0. The summed E-state index contributed by atoms with van der Waals surface area (Å²) in [5.41, 5.74) is 4.16. The van der Waals surface area contributed by atoms with E-state index in [1.165, 1.54) is 0 Å². The molecule has 4 rings (SSSR count). The van der Waals surface area contributed by atoms with Crippen molar-refractivity contribution in [2.45, 2.75) is 38.6 Å².